The Morgan fingerprint density at radius 2 is 2.22 bits per heavy atom. The Balaban J connectivity index is 1.98. The van der Waals surface area contributed by atoms with Crippen LogP contribution >= 0.6 is 0 Å². The maximum Gasteiger partial charge on any atom is 0.122 e. The fourth-order valence-corrected chi connectivity index (χ4v) is 2.23. The molecule has 2 rings (SSSR count). The molecule has 1 aromatic rings. The van der Waals surface area contributed by atoms with Gasteiger partial charge in [-0.25, -0.2) is 0 Å². The van der Waals surface area contributed by atoms with E-state index in [1.165, 1.54) is 11.1 Å². The van der Waals surface area contributed by atoms with E-state index in [1.807, 2.05) is 0 Å². The van der Waals surface area contributed by atoms with Crippen molar-refractivity contribution in [2.24, 2.45) is 0 Å². The van der Waals surface area contributed by atoms with Crippen molar-refractivity contribution in [2.45, 2.75) is 45.2 Å². The van der Waals surface area contributed by atoms with Crippen LogP contribution in [-0.2, 0) is 13.0 Å². The molecule has 0 spiro atoms. The van der Waals surface area contributed by atoms with E-state index in [-0.39, 0.29) is 12.1 Å². The first-order valence-electron chi connectivity index (χ1n) is 6.71. The van der Waals surface area contributed by atoms with E-state index >= 15 is 0 Å². The van der Waals surface area contributed by atoms with Gasteiger partial charge in [0.2, 0.25) is 0 Å². The standard InChI is InChI=1S/C15H23NO2/c1-15(2,7-8-17)16-11-12-5-6-14-13(10-12)4-3-9-18-14/h5-6,10,16-17H,3-4,7-9,11H2,1-2H3. The summed E-state index contributed by atoms with van der Waals surface area (Å²) in [5, 5.41) is 12.5. The molecule has 1 aromatic carbocycles. The molecular weight excluding hydrogens is 226 g/mol. The van der Waals surface area contributed by atoms with Crippen LogP contribution in [0.25, 0.3) is 0 Å². The van der Waals surface area contributed by atoms with E-state index in [9.17, 15) is 0 Å². The second-order valence-electron chi connectivity index (χ2n) is 5.61. The van der Waals surface area contributed by atoms with Gasteiger partial charge in [0.1, 0.15) is 5.75 Å². The van der Waals surface area contributed by atoms with Gasteiger partial charge in [-0.15, -0.1) is 0 Å². The number of hydrogen-bond acceptors (Lipinski definition) is 3. The summed E-state index contributed by atoms with van der Waals surface area (Å²) < 4.78 is 5.61. The van der Waals surface area contributed by atoms with Crippen LogP contribution in [0.15, 0.2) is 18.2 Å². The fourth-order valence-electron chi connectivity index (χ4n) is 2.23. The molecule has 0 aromatic heterocycles. The van der Waals surface area contributed by atoms with Crippen molar-refractivity contribution in [3.63, 3.8) is 0 Å². The number of hydrogen-bond donors (Lipinski definition) is 2. The number of nitrogens with one attached hydrogen (secondary N) is 1. The Labute approximate surface area is 109 Å². The van der Waals surface area contributed by atoms with Gasteiger partial charge in [-0.3, -0.25) is 0 Å². The molecule has 18 heavy (non-hydrogen) atoms. The Morgan fingerprint density at radius 3 is 3.00 bits per heavy atom. The molecule has 3 nitrogen and oxygen atoms in total. The molecule has 100 valence electrons. The summed E-state index contributed by atoms with van der Waals surface area (Å²) in [5.74, 6) is 1.04. The van der Waals surface area contributed by atoms with Gasteiger partial charge in [0.15, 0.2) is 0 Å². The molecule has 2 N–H and O–H groups in total. The number of aryl methyl sites for hydroxylation is 1. The first-order valence-corrected chi connectivity index (χ1v) is 6.71. The van der Waals surface area contributed by atoms with Gasteiger partial charge in [-0.2, -0.15) is 0 Å². The molecule has 0 saturated carbocycles. The van der Waals surface area contributed by atoms with Crippen LogP contribution in [0, 0.1) is 0 Å². The first-order chi connectivity index (χ1) is 8.61. The summed E-state index contributed by atoms with van der Waals surface area (Å²) >= 11 is 0. The summed E-state index contributed by atoms with van der Waals surface area (Å²) in [6.07, 6.45) is 2.99. The van der Waals surface area contributed by atoms with E-state index in [1.54, 1.807) is 0 Å². The zero-order valence-electron chi connectivity index (χ0n) is 11.3. The van der Waals surface area contributed by atoms with Crippen molar-refractivity contribution >= 4 is 0 Å². The lowest BCUT2D eigenvalue weighted by Gasteiger charge is -2.26. The number of ether oxygens (including phenoxy) is 1. The van der Waals surface area contributed by atoms with E-state index in [0.29, 0.717) is 0 Å². The molecular formula is C15H23NO2. The van der Waals surface area contributed by atoms with E-state index in [2.05, 4.69) is 37.4 Å². The molecule has 1 heterocycles. The third-order valence-electron chi connectivity index (χ3n) is 3.48. The van der Waals surface area contributed by atoms with Crippen LogP contribution in [0.4, 0.5) is 0 Å². The number of rotatable bonds is 5. The highest BCUT2D eigenvalue weighted by atomic mass is 16.5. The summed E-state index contributed by atoms with van der Waals surface area (Å²) in [6, 6.07) is 6.42. The predicted molar refractivity (Wildman–Crippen MR) is 72.9 cm³/mol. The summed E-state index contributed by atoms with van der Waals surface area (Å²) in [7, 11) is 0. The van der Waals surface area contributed by atoms with Crippen LogP contribution < -0.4 is 10.1 Å². The Bertz CT molecular complexity index is 401. The molecule has 0 bridgehead atoms. The van der Waals surface area contributed by atoms with Crippen LogP contribution in [0.2, 0.25) is 0 Å². The van der Waals surface area contributed by atoms with Crippen LogP contribution in [0.1, 0.15) is 37.8 Å². The van der Waals surface area contributed by atoms with E-state index < -0.39 is 0 Å². The molecule has 0 atom stereocenters. The van der Waals surface area contributed by atoms with Crippen molar-refractivity contribution in [3.8, 4) is 5.75 Å². The number of aliphatic hydroxyl groups excluding tert-OH is 1. The van der Waals surface area contributed by atoms with Crippen LogP contribution in [-0.4, -0.2) is 23.9 Å². The predicted octanol–water partition coefficient (Wildman–Crippen LogP) is 2.26. The highest BCUT2D eigenvalue weighted by molar-refractivity contribution is 5.38. The Morgan fingerprint density at radius 1 is 1.39 bits per heavy atom. The van der Waals surface area contributed by atoms with Gasteiger partial charge in [-0.1, -0.05) is 12.1 Å². The van der Waals surface area contributed by atoms with Crippen molar-refractivity contribution in [2.75, 3.05) is 13.2 Å². The number of benzene rings is 1. The molecule has 0 amide bonds. The van der Waals surface area contributed by atoms with Gasteiger partial charge in [0, 0.05) is 18.7 Å². The second-order valence-corrected chi connectivity index (χ2v) is 5.61. The van der Waals surface area contributed by atoms with E-state index in [4.69, 9.17) is 9.84 Å². The minimum absolute atomic E-state index is 0.0266. The monoisotopic (exact) mass is 249 g/mol. The highest BCUT2D eigenvalue weighted by Gasteiger charge is 2.16. The van der Waals surface area contributed by atoms with Gasteiger partial charge in [-0.05, 0) is 50.3 Å². The average Bonchev–Trinajstić information content (AvgIpc) is 2.36. The molecule has 0 fully saturated rings. The topological polar surface area (TPSA) is 41.5 Å². The minimum atomic E-state index is -0.0266. The van der Waals surface area contributed by atoms with Crippen molar-refractivity contribution < 1.29 is 9.84 Å². The van der Waals surface area contributed by atoms with E-state index in [0.717, 1.165) is 38.2 Å². The van der Waals surface area contributed by atoms with Crippen molar-refractivity contribution in [3.05, 3.63) is 29.3 Å². The average molecular weight is 249 g/mol. The highest BCUT2D eigenvalue weighted by Crippen LogP contribution is 2.25. The van der Waals surface area contributed by atoms with Crippen LogP contribution in [0.3, 0.4) is 0 Å². The molecule has 0 saturated heterocycles. The van der Waals surface area contributed by atoms with Crippen molar-refractivity contribution in [1.82, 2.24) is 5.32 Å². The quantitative estimate of drug-likeness (QED) is 0.841. The van der Waals surface area contributed by atoms with Gasteiger partial charge < -0.3 is 15.2 Å². The molecule has 1 aliphatic heterocycles. The third-order valence-corrected chi connectivity index (χ3v) is 3.48. The second kappa shape index (κ2) is 5.72. The smallest absolute Gasteiger partial charge is 0.122 e. The third kappa shape index (κ3) is 3.47. The maximum absolute atomic E-state index is 9.00. The SMILES string of the molecule is CC(C)(CCO)NCc1ccc2c(c1)CCCO2. The lowest BCUT2D eigenvalue weighted by atomic mass is 9.99. The summed E-state index contributed by atoms with van der Waals surface area (Å²) in [6.45, 7) is 6.13. The summed E-state index contributed by atoms with van der Waals surface area (Å²) in [4.78, 5) is 0. The number of aliphatic hydroxyl groups is 1. The molecule has 0 unspecified atom stereocenters. The zero-order valence-corrected chi connectivity index (χ0v) is 11.3. The molecule has 1 aliphatic rings. The zero-order chi connectivity index (χ0) is 13.0. The minimum Gasteiger partial charge on any atom is -0.493 e. The van der Waals surface area contributed by atoms with Gasteiger partial charge in [0.05, 0.1) is 6.61 Å². The molecule has 3 heteroatoms. The lowest BCUT2D eigenvalue weighted by Crippen LogP contribution is -2.39. The first kappa shape index (κ1) is 13.4. The molecule has 0 radical (unpaired) electrons. The Hall–Kier alpha value is -1.06. The lowest BCUT2D eigenvalue weighted by molar-refractivity contribution is 0.230. The van der Waals surface area contributed by atoms with Crippen LogP contribution in [0.5, 0.6) is 5.75 Å². The largest absolute Gasteiger partial charge is 0.493 e. The summed E-state index contributed by atoms with van der Waals surface area (Å²) in [5.41, 5.74) is 2.58. The molecule has 0 aliphatic carbocycles. The maximum atomic E-state index is 9.00. The van der Waals surface area contributed by atoms with Crippen molar-refractivity contribution in [1.29, 1.82) is 0 Å². The Kier molecular flexibility index (Phi) is 4.25. The van der Waals surface area contributed by atoms with Gasteiger partial charge in [0.25, 0.3) is 0 Å². The fraction of sp³-hybridized carbons (Fsp3) is 0.600. The van der Waals surface area contributed by atoms with Gasteiger partial charge >= 0.3 is 0 Å². The normalized spacial score (nSPS) is 15.1. The number of fused-ring (bicyclic) bond motifs is 1.